The molecule has 0 saturated carbocycles. The molecule has 0 unspecified atom stereocenters. The van der Waals surface area contributed by atoms with E-state index in [1.165, 1.54) is 0 Å². The van der Waals surface area contributed by atoms with Gasteiger partial charge in [0, 0.05) is 32.3 Å². The van der Waals surface area contributed by atoms with Gasteiger partial charge in [0.1, 0.15) is 0 Å². The Kier molecular flexibility index (Phi) is 16.5. The van der Waals surface area contributed by atoms with Gasteiger partial charge >= 0.3 is 0 Å². The van der Waals surface area contributed by atoms with E-state index in [-0.39, 0.29) is 58.9 Å². The van der Waals surface area contributed by atoms with Gasteiger partial charge in [0.2, 0.25) is 0 Å². The van der Waals surface area contributed by atoms with E-state index in [0.29, 0.717) is 24.3 Å². The van der Waals surface area contributed by atoms with Crippen LogP contribution in [0.5, 0.6) is 0 Å². The molecule has 3 aliphatic heterocycles. The van der Waals surface area contributed by atoms with E-state index in [0.717, 1.165) is 36.8 Å². The number of rotatable bonds is 18. The Hall–Kier alpha value is -1.46. The molecular weight excluding hydrogens is 773 g/mol. The molecule has 4 rings (SSSR count). The van der Waals surface area contributed by atoms with Gasteiger partial charge in [-0.1, -0.05) is 92.0 Å². The lowest BCUT2D eigenvalue weighted by Crippen LogP contribution is -2.49. The Labute approximate surface area is 348 Å². The molecule has 0 bridgehead atoms. The summed E-state index contributed by atoms with van der Waals surface area (Å²) in [7, 11) is -6.37. The van der Waals surface area contributed by atoms with Crippen molar-refractivity contribution in [2.45, 2.75) is 177 Å². The lowest BCUT2D eigenvalue weighted by atomic mass is 9.83. The predicted molar refractivity (Wildman–Crippen MR) is 235 cm³/mol. The maximum absolute atomic E-state index is 14.1. The number of aliphatic hydroxyl groups is 1. The highest BCUT2D eigenvalue weighted by Gasteiger charge is 2.50. The van der Waals surface area contributed by atoms with Crippen LogP contribution in [-0.4, -0.2) is 105 Å². The first-order chi connectivity index (χ1) is 26.4. The summed E-state index contributed by atoms with van der Waals surface area (Å²) in [5.74, 6) is -0.347. The summed E-state index contributed by atoms with van der Waals surface area (Å²) in [5, 5.41) is 9.22. The van der Waals surface area contributed by atoms with Gasteiger partial charge in [-0.05, 0) is 84.7 Å². The van der Waals surface area contributed by atoms with Crippen LogP contribution in [0.3, 0.4) is 0 Å². The van der Waals surface area contributed by atoms with Crippen molar-refractivity contribution in [2.75, 3.05) is 26.1 Å². The number of hydrogen-bond donors (Lipinski definition) is 1. The number of hydrogen-bond acceptors (Lipinski definition) is 9. The van der Waals surface area contributed by atoms with Crippen LogP contribution >= 0.6 is 0 Å². The first kappa shape index (κ1) is 48.2. The molecule has 57 heavy (non-hydrogen) atoms. The average molecular weight is 849 g/mol. The van der Waals surface area contributed by atoms with Crippen LogP contribution in [0.1, 0.15) is 87.0 Å². The summed E-state index contributed by atoms with van der Waals surface area (Å²) in [4.78, 5) is 0.292. The fourth-order valence-corrected chi connectivity index (χ4v) is 11.9. The Bertz CT molecular complexity index is 1610. The van der Waals surface area contributed by atoms with Gasteiger partial charge in [0.25, 0.3) is 0 Å². The molecule has 0 spiro atoms. The number of sulfone groups is 1. The first-order valence-corrected chi connectivity index (χ1v) is 28.6. The molecule has 324 valence electrons. The highest BCUT2D eigenvalue weighted by atomic mass is 32.2. The third-order valence-electron chi connectivity index (χ3n) is 13.5. The third kappa shape index (κ3) is 12.5. The molecule has 3 aliphatic rings. The van der Waals surface area contributed by atoms with Gasteiger partial charge in [-0.2, -0.15) is 0 Å². The van der Waals surface area contributed by atoms with Gasteiger partial charge in [0.05, 0.1) is 72.7 Å². The number of methoxy groups -OCH3 is 1. The van der Waals surface area contributed by atoms with E-state index in [1.54, 1.807) is 37.5 Å². The van der Waals surface area contributed by atoms with Gasteiger partial charge in [0.15, 0.2) is 26.5 Å². The topological polar surface area (TPSA) is 110 Å². The number of ether oxygens (including phenoxy) is 4. The Balaban J connectivity index is 1.60. The van der Waals surface area contributed by atoms with E-state index >= 15 is 0 Å². The smallest absolute Gasteiger partial charge is 0.192 e. The van der Waals surface area contributed by atoms with Crippen LogP contribution in [0.4, 0.5) is 0 Å². The van der Waals surface area contributed by atoms with E-state index < -0.39 is 50.7 Å². The second-order valence-electron chi connectivity index (χ2n) is 19.9. The normalized spacial score (nSPS) is 30.1. The summed E-state index contributed by atoms with van der Waals surface area (Å²) in [6.45, 7) is 33.9. The van der Waals surface area contributed by atoms with Crippen LogP contribution in [0, 0.1) is 11.8 Å². The monoisotopic (exact) mass is 848 g/mol. The molecule has 1 aromatic rings. The molecule has 3 heterocycles. The second kappa shape index (κ2) is 19.5. The molecule has 1 aromatic carbocycles. The fraction of sp³-hybridized carbons (Fsp3) is 0.733. The zero-order valence-corrected chi connectivity index (χ0v) is 40.0. The van der Waals surface area contributed by atoms with E-state index in [4.69, 9.17) is 27.8 Å². The van der Waals surface area contributed by atoms with Crippen LogP contribution in [0.15, 0.2) is 71.7 Å². The summed E-state index contributed by atoms with van der Waals surface area (Å²) < 4.78 is 68.5. The van der Waals surface area contributed by atoms with Crippen molar-refractivity contribution < 1.29 is 41.3 Å². The van der Waals surface area contributed by atoms with Gasteiger partial charge < -0.3 is 32.9 Å². The van der Waals surface area contributed by atoms with Gasteiger partial charge in [-0.25, -0.2) is 8.42 Å². The molecule has 0 amide bonds. The van der Waals surface area contributed by atoms with Crippen molar-refractivity contribution in [3.63, 3.8) is 0 Å². The summed E-state index contributed by atoms with van der Waals surface area (Å²) in [6.07, 6.45) is 5.72. The molecular formula is C45H76O9SSi2. The summed E-state index contributed by atoms with van der Waals surface area (Å²) >= 11 is 0. The van der Waals surface area contributed by atoms with Gasteiger partial charge in [-0.15, -0.1) is 0 Å². The van der Waals surface area contributed by atoms with E-state index in [2.05, 4.69) is 87.8 Å². The quantitative estimate of drug-likeness (QED) is 0.114. The number of benzene rings is 1. The molecule has 0 radical (unpaired) electrons. The largest absolute Gasteiger partial charge is 0.414 e. The third-order valence-corrected chi connectivity index (χ3v) is 24.4. The fourth-order valence-electron chi connectivity index (χ4n) is 7.86. The minimum Gasteiger partial charge on any atom is -0.414 e. The lowest BCUT2D eigenvalue weighted by molar-refractivity contribution is -0.0777. The molecule has 10 atom stereocenters. The molecule has 0 aromatic heterocycles. The highest BCUT2D eigenvalue weighted by molar-refractivity contribution is 7.91. The maximum Gasteiger partial charge on any atom is 0.192 e. The lowest BCUT2D eigenvalue weighted by Gasteiger charge is -2.42. The molecule has 3 fully saturated rings. The number of aliphatic hydroxyl groups excluding tert-OH is 1. The van der Waals surface area contributed by atoms with Crippen molar-refractivity contribution in [1.29, 1.82) is 0 Å². The Morgan fingerprint density at radius 2 is 1.58 bits per heavy atom. The molecule has 9 nitrogen and oxygen atoms in total. The molecule has 0 aliphatic carbocycles. The second-order valence-corrected chi connectivity index (χ2v) is 31.5. The zero-order chi connectivity index (χ0) is 42.6. The van der Waals surface area contributed by atoms with E-state index in [1.807, 2.05) is 12.1 Å². The Morgan fingerprint density at radius 3 is 2.18 bits per heavy atom. The van der Waals surface area contributed by atoms with E-state index in [9.17, 15) is 13.5 Å². The summed E-state index contributed by atoms with van der Waals surface area (Å²) in [6, 6.07) is 8.67. The SMILES string of the molecule is C=C1C[C@H](C=CCO)O[C@H]1CC[C@H]1C[C@@H](C)C(=C)[C@@H](C[C@@H]2O[C@H](C[C@@H](CO[Si](C)(C)C(C)(C)C)O[Si](C)(C)C(C)(C)C)[C@H](OC)[C@H]2CS(=O)(=O)c2ccccc2)O1. The Morgan fingerprint density at radius 1 is 0.930 bits per heavy atom. The van der Waals surface area contributed by atoms with Crippen molar-refractivity contribution in [2.24, 2.45) is 11.8 Å². The van der Waals surface area contributed by atoms with Gasteiger partial charge in [-0.3, -0.25) is 0 Å². The van der Waals surface area contributed by atoms with Crippen molar-refractivity contribution >= 4 is 26.5 Å². The zero-order valence-electron chi connectivity index (χ0n) is 37.2. The highest BCUT2D eigenvalue weighted by Crippen LogP contribution is 2.44. The van der Waals surface area contributed by atoms with Crippen LogP contribution in [0.2, 0.25) is 36.3 Å². The molecule has 12 heteroatoms. The van der Waals surface area contributed by atoms with Crippen LogP contribution in [0.25, 0.3) is 0 Å². The predicted octanol–water partition coefficient (Wildman–Crippen LogP) is 9.44. The average Bonchev–Trinajstić information content (AvgIpc) is 3.63. The first-order valence-electron chi connectivity index (χ1n) is 21.1. The van der Waals surface area contributed by atoms with Crippen LogP contribution < -0.4 is 0 Å². The minimum atomic E-state index is -3.68. The van der Waals surface area contributed by atoms with Crippen molar-refractivity contribution in [1.82, 2.24) is 0 Å². The van der Waals surface area contributed by atoms with Crippen molar-refractivity contribution in [3.05, 3.63) is 66.8 Å². The summed E-state index contributed by atoms with van der Waals surface area (Å²) in [5.41, 5.74) is 2.08. The standard InChI is InChI=1S/C45H76O9SSi2/c1-31-25-35(22-23-39-32(2)26-34(51-39)19-18-24-46)52-40(33(31)3)28-41-38(30-55(47,48)37-20-16-15-17-21-37)43(49-10)42(53-41)27-36(54-57(13,14)45(7,8)9)29-50-56(11,12)44(4,5)6/h15-21,31,34-36,38-43,46H,2-3,22-30H2,1,4-14H3/t31-,34+,35+,36+,38+,39+,40-,41+,42-,43-/m1/s1. The molecule has 1 N–H and O–H groups in total. The van der Waals surface area contributed by atoms with Crippen molar-refractivity contribution in [3.8, 4) is 0 Å². The van der Waals surface area contributed by atoms with Crippen LogP contribution in [-0.2, 0) is 37.6 Å². The molecule has 3 saturated heterocycles. The maximum atomic E-state index is 14.1. The minimum absolute atomic E-state index is 0.0113.